The Morgan fingerprint density at radius 3 is 2.93 bits per heavy atom. The number of ether oxygens (including phenoxy) is 1. The van der Waals surface area contributed by atoms with Crippen molar-refractivity contribution in [1.29, 1.82) is 0 Å². The Kier molecular flexibility index (Phi) is 3.88. The Morgan fingerprint density at radius 1 is 1.19 bits per heavy atom. The summed E-state index contributed by atoms with van der Waals surface area (Å²) in [5.74, 6) is -0.994. The van der Waals surface area contributed by atoms with Gasteiger partial charge in [-0.1, -0.05) is 0 Å². The second-order valence-electron chi connectivity index (χ2n) is 7.06. The molecule has 7 nitrogen and oxygen atoms in total. The van der Waals surface area contributed by atoms with Crippen molar-refractivity contribution in [3.05, 3.63) is 59.0 Å². The molecule has 3 aromatic rings. The number of benzene rings is 1. The van der Waals surface area contributed by atoms with Gasteiger partial charge in [-0.15, -0.1) is 4.63 Å². The van der Waals surface area contributed by atoms with Gasteiger partial charge in [0.15, 0.2) is 5.65 Å². The van der Waals surface area contributed by atoms with Crippen LogP contribution in [0.2, 0.25) is 0 Å². The van der Waals surface area contributed by atoms with Crippen molar-refractivity contribution >= 4 is 5.65 Å². The molecule has 1 fully saturated rings. The van der Waals surface area contributed by atoms with E-state index < -0.39 is 23.8 Å². The van der Waals surface area contributed by atoms with Gasteiger partial charge in [0, 0.05) is 42.5 Å². The molecule has 5 rings (SSSR count). The van der Waals surface area contributed by atoms with Crippen LogP contribution >= 0.6 is 0 Å². The number of nitrogens with zero attached hydrogens (tertiary/aromatic N) is 5. The molecule has 0 radical (unpaired) electrons. The van der Waals surface area contributed by atoms with Crippen LogP contribution in [-0.4, -0.2) is 43.4 Å². The molecule has 0 saturated carbocycles. The lowest BCUT2D eigenvalue weighted by Crippen LogP contribution is -2.47. The van der Waals surface area contributed by atoms with E-state index in [9.17, 15) is 8.78 Å². The summed E-state index contributed by atoms with van der Waals surface area (Å²) in [6.45, 7) is 1.76. The molecule has 2 aliphatic rings. The van der Waals surface area contributed by atoms with Crippen LogP contribution in [0.5, 0.6) is 0 Å². The summed E-state index contributed by atoms with van der Waals surface area (Å²) >= 11 is 0. The number of halogens is 2. The predicted octanol–water partition coefficient (Wildman–Crippen LogP) is 1.58. The first-order valence-electron chi connectivity index (χ1n) is 8.84. The molecule has 0 amide bonds. The normalized spacial score (nSPS) is 25.8. The van der Waals surface area contributed by atoms with Gasteiger partial charge in [-0.2, -0.15) is 10.2 Å². The van der Waals surface area contributed by atoms with Crippen molar-refractivity contribution in [3.63, 3.8) is 0 Å². The van der Waals surface area contributed by atoms with Crippen molar-refractivity contribution in [2.45, 2.75) is 37.7 Å². The van der Waals surface area contributed by atoms with E-state index in [4.69, 9.17) is 10.5 Å². The van der Waals surface area contributed by atoms with Gasteiger partial charge < -0.3 is 10.5 Å². The van der Waals surface area contributed by atoms with E-state index in [0.29, 0.717) is 26.1 Å². The maximum absolute atomic E-state index is 14.1. The molecule has 140 valence electrons. The molecule has 2 N–H and O–H groups in total. The topological polar surface area (TPSA) is 81.6 Å². The zero-order valence-corrected chi connectivity index (χ0v) is 14.4. The minimum Gasteiger partial charge on any atom is -0.370 e. The maximum atomic E-state index is 14.1. The standard InChI is InChI=1S/C18H18F2N6O/c19-10-1-2-14(20)12(5-10)17-15(21)6-11(9-27-17)25-7-13-16(8-25)24-26-18(13)22-3-4-23-26/h1-5,11,15,17H,6-9,21H2/t11-,15+,17?/m1/s1. The summed E-state index contributed by atoms with van der Waals surface area (Å²) in [5, 5.41) is 8.65. The van der Waals surface area contributed by atoms with Crippen LogP contribution in [0.3, 0.4) is 0 Å². The number of aromatic nitrogens is 4. The van der Waals surface area contributed by atoms with E-state index in [1.54, 1.807) is 17.0 Å². The molecule has 4 heterocycles. The van der Waals surface area contributed by atoms with Crippen LogP contribution < -0.4 is 5.73 Å². The van der Waals surface area contributed by atoms with E-state index in [1.165, 1.54) is 0 Å². The van der Waals surface area contributed by atoms with Crippen LogP contribution in [0.4, 0.5) is 8.78 Å². The van der Waals surface area contributed by atoms with Gasteiger partial charge in [0.1, 0.15) is 17.7 Å². The van der Waals surface area contributed by atoms with Gasteiger partial charge in [0.2, 0.25) is 0 Å². The second kappa shape index (κ2) is 6.29. The van der Waals surface area contributed by atoms with Crippen LogP contribution in [0.1, 0.15) is 29.3 Å². The zero-order valence-electron chi connectivity index (χ0n) is 14.4. The third-order valence-electron chi connectivity index (χ3n) is 5.36. The van der Waals surface area contributed by atoms with Gasteiger partial charge in [-0.25, -0.2) is 13.8 Å². The van der Waals surface area contributed by atoms with Gasteiger partial charge in [-0.3, -0.25) is 4.90 Å². The smallest absolute Gasteiger partial charge is 0.180 e. The Hall–Kier alpha value is -2.49. The first-order valence-corrected chi connectivity index (χ1v) is 8.84. The number of hydrogen-bond donors (Lipinski definition) is 1. The molecular weight excluding hydrogens is 354 g/mol. The highest BCUT2D eigenvalue weighted by Crippen LogP contribution is 2.34. The summed E-state index contributed by atoms with van der Waals surface area (Å²) < 4.78 is 35.0. The molecule has 9 heteroatoms. The first-order chi connectivity index (χ1) is 13.1. The molecule has 0 aliphatic carbocycles. The highest BCUT2D eigenvalue weighted by molar-refractivity contribution is 5.50. The van der Waals surface area contributed by atoms with Crippen molar-refractivity contribution in [2.24, 2.45) is 5.73 Å². The highest BCUT2D eigenvalue weighted by atomic mass is 19.1. The Bertz CT molecular complexity index is 1010. The Morgan fingerprint density at radius 2 is 2.07 bits per heavy atom. The zero-order chi connectivity index (χ0) is 18.5. The van der Waals surface area contributed by atoms with E-state index in [0.717, 1.165) is 35.1 Å². The van der Waals surface area contributed by atoms with Crippen molar-refractivity contribution in [1.82, 2.24) is 24.7 Å². The third kappa shape index (κ3) is 2.78. The largest absolute Gasteiger partial charge is 0.370 e. The quantitative estimate of drug-likeness (QED) is 0.736. The number of fused-ring (bicyclic) bond motifs is 3. The lowest BCUT2D eigenvalue weighted by atomic mass is 9.93. The first kappa shape index (κ1) is 16.7. The highest BCUT2D eigenvalue weighted by Gasteiger charge is 2.37. The van der Waals surface area contributed by atoms with Crippen LogP contribution in [0, 0.1) is 11.6 Å². The average molecular weight is 372 g/mol. The van der Waals surface area contributed by atoms with Crippen molar-refractivity contribution in [3.8, 4) is 0 Å². The molecule has 2 aromatic heterocycles. The summed E-state index contributed by atoms with van der Waals surface area (Å²) in [5.41, 5.74) is 9.23. The van der Waals surface area contributed by atoms with Crippen LogP contribution in [0.25, 0.3) is 5.65 Å². The summed E-state index contributed by atoms with van der Waals surface area (Å²) in [7, 11) is 0. The van der Waals surface area contributed by atoms with Gasteiger partial charge in [0.25, 0.3) is 0 Å². The lowest BCUT2D eigenvalue weighted by molar-refractivity contribution is -0.0532. The second-order valence-corrected chi connectivity index (χ2v) is 7.06. The number of hydrogen-bond acceptors (Lipinski definition) is 6. The maximum Gasteiger partial charge on any atom is 0.180 e. The van der Waals surface area contributed by atoms with E-state index in [2.05, 4.69) is 20.1 Å². The molecule has 0 bridgehead atoms. The van der Waals surface area contributed by atoms with Crippen LogP contribution in [-0.2, 0) is 17.8 Å². The van der Waals surface area contributed by atoms with E-state index >= 15 is 0 Å². The minimum atomic E-state index is -0.647. The fourth-order valence-electron chi connectivity index (χ4n) is 4.03. The molecule has 2 aliphatic heterocycles. The van der Waals surface area contributed by atoms with E-state index in [1.807, 2.05) is 0 Å². The fourth-order valence-corrected chi connectivity index (χ4v) is 4.03. The van der Waals surface area contributed by atoms with Crippen molar-refractivity contribution < 1.29 is 13.5 Å². The molecule has 1 saturated heterocycles. The molecule has 0 spiro atoms. The third-order valence-corrected chi connectivity index (χ3v) is 5.36. The molecule has 3 atom stereocenters. The van der Waals surface area contributed by atoms with Gasteiger partial charge in [0.05, 0.1) is 18.5 Å². The minimum absolute atomic E-state index is 0.0822. The average Bonchev–Trinajstić information content (AvgIpc) is 3.22. The molecule has 1 aromatic carbocycles. The SMILES string of the molecule is N[C@H]1C[C@@H](N2Cc3nn4nccnc4c3C2)COC1c1cc(F)ccc1F. The number of rotatable bonds is 2. The van der Waals surface area contributed by atoms with Gasteiger partial charge in [-0.05, 0) is 24.6 Å². The summed E-state index contributed by atoms with van der Waals surface area (Å²) in [4.78, 5) is 6.60. The monoisotopic (exact) mass is 372 g/mol. The van der Waals surface area contributed by atoms with Crippen LogP contribution in [0.15, 0.2) is 30.6 Å². The molecule has 27 heavy (non-hydrogen) atoms. The predicted molar refractivity (Wildman–Crippen MR) is 91.5 cm³/mol. The molecule has 1 unspecified atom stereocenters. The fraction of sp³-hybridized carbons (Fsp3) is 0.389. The number of nitrogens with two attached hydrogens (primary N) is 1. The molecular formula is C18H18F2N6O. The summed E-state index contributed by atoms with van der Waals surface area (Å²) in [6, 6.07) is 3.03. The Balaban J connectivity index is 1.32. The summed E-state index contributed by atoms with van der Waals surface area (Å²) in [6.07, 6.45) is 3.23. The lowest BCUT2D eigenvalue weighted by Gasteiger charge is -2.38. The van der Waals surface area contributed by atoms with Crippen molar-refractivity contribution in [2.75, 3.05) is 6.61 Å². The van der Waals surface area contributed by atoms with Gasteiger partial charge >= 0.3 is 0 Å². The Labute approximate surface area is 153 Å². The van der Waals surface area contributed by atoms with E-state index in [-0.39, 0.29) is 11.6 Å².